The van der Waals surface area contributed by atoms with Crippen molar-refractivity contribution >= 4 is 34.5 Å². The van der Waals surface area contributed by atoms with E-state index >= 15 is 0 Å². The number of carbonyl (C=O) groups is 2. The molecule has 110 valence electrons. The molecule has 0 saturated heterocycles. The molecule has 0 aliphatic rings. The first-order valence-electron chi connectivity index (χ1n) is 5.29. The summed E-state index contributed by atoms with van der Waals surface area (Å²) in [5.74, 6) is -1.17. The van der Waals surface area contributed by atoms with Crippen LogP contribution in [0.5, 0.6) is 0 Å². The van der Waals surface area contributed by atoms with Crippen LogP contribution in [0.1, 0.15) is 16.1 Å². The lowest BCUT2D eigenvalue weighted by molar-refractivity contribution is -0.139. The number of amides is 1. The minimum atomic E-state index is -4.50. The summed E-state index contributed by atoms with van der Waals surface area (Å²) in [6.45, 7) is -0.00519. The van der Waals surface area contributed by atoms with Crippen molar-refractivity contribution in [3.05, 3.63) is 29.6 Å². The predicted octanol–water partition coefficient (Wildman–Crippen LogP) is 1.81. The minimum absolute atomic E-state index is 0.00519. The summed E-state index contributed by atoms with van der Waals surface area (Å²) < 4.78 is 40.8. The normalized spacial score (nSPS) is 12.7. The third-order valence-corrected chi connectivity index (χ3v) is 3.17. The number of hydrogen-bond donors (Lipinski definition) is 1. The fourth-order valence-corrected chi connectivity index (χ4v) is 1.65. The van der Waals surface area contributed by atoms with E-state index in [1.54, 1.807) is 22.6 Å². The van der Waals surface area contributed by atoms with Crippen LogP contribution in [0.15, 0.2) is 18.3 Å². The Morgan fingerprint density at radius 1 is 1.45 bits per heavy atom. The Bertz CT molecular complexity index is 491. The van der Waals surface area contributed by atoms with Crippen LogP contribution in [0.3, 0.4) is 0 Å². The summed E-state index contributed by atoms with van der Waals surface area (Å²) >= 11 is 1.78. The number of carbonyl (C=O) groups excluding carboxylic acids is 2. The van der Waals surface area contributed by atoms with Crippen LogP contribution in [0, 0.1) is 0 Å². The van der Waals surface area contributed by atoms with Gasteiger partial charge in [0, 0.05) is 12.7 Å². The molecule has 0 radical (unpaired) electrons. The topological polar surface area (TPSA) is 68.3 Å². The van der Waals surface area contributed by atoms with Crippen LogP contribution in [0.25, 0.3) is 0 Å². The van der Waals surface area contributed by atoms with Crippen molar-refractivity contribution in [3.8, 4) is 0 Å². The summed E-state index contributed by atoms with van der Waals surface area (Å²) in [6.07, 6.45) is -3.92. The van der Waals surface area contributed by atoms with E-state index in [4.69, 9.17) is 0 Å². The second-order valence-electron chi connectivity index (χ2n) is 3.63. The van der Waals surface area contributed by atoms with E-state index in [1.165, 1.54) is 7.11 Å². The molecule has 1 aromatic heterocycles. The molecule has 1 N–H and O–H groups in total. The Balaban J connectivity index is 2.63. The first-order valence-corrected chi connectivity index (χ1v) is 6.53. The summed E-state index contributed by atoms with van der Waals surface area (Å²) in [5, 5.41) is 2.38. The molecule has 0 spiro atoms. The fraction of sp³-hybridized carbons (Fsp3) is 0.364. The molecule has 9 heteroatoms. The van der Waals surface area contributed by atoms with Crippen molar-refractivity contribution in [2.45, 2.75) is 10.1 Å². The molecule has 1 aromatic rings. The quantitative estimate of drug-likeness (QED) is 0.474. The highest BCUT2D eigenvalue weighted by Gasteiger charge is 2.31. The van der Waals surface area contributed by atoms with E-state index in [9.17, 15) is 22.8 Å². The van der Waals surface area contributed by atoms with E-state index in [1.807, 2.05) is 0 Å². The van der Waals surface area contributed by atoms with Gasteiger partial charge in [-0.2, -0.15) is 13.2 Å². The molecule has 1 rings (SSSR count). The molecular weight excluding hydrogens is 392 g/mol. The van der Waals surface area contributed by atoms with Gasteiger partial charge in [0.05, 0.1) is 12.7 Å². The number of ether oxygens (including phenoxy) is 1. The third-order valence-electron chi connectivity index (χ3n) is 2.22. The molecule has 0 aromatic carbocycles. The maximum Gasteiger partial charge on any atom is 0.417 e. The Hall–Kier alpha value is -1.39. The van der Waals surface area contributed by atoms with Crippen molar-refractivity contribution in [2.24, 2.45) is 0 Å². The number of pyridine rings is 1. The zero-order valence-electron chi connectivity index (χ0n) is 10.2. The molecule has 1 unspecified atom stereocenters. The standard InChI is InChI=1S/C11H10F3IN2O3/c1-20-10(19)7(15)5-17-9(18)8-3-2-6(4-16-8)11(12,13)14/h2-4,7H,5H2,1H3,(H,17,18). The second-order valence-corrected chi connectivity index (χ2v) is 5.13. The Morgan fingerprint density at radius 2 is 2.10 bits per heavy atom. The molecule has 1 atom stereocenters. The molecule has 0 aliphatic carbocycles. The highest BCUT2D eigenvalue weighted by molar-refractivity contribution is 14.1. The van der Waals surface area contributed by atoms with Gasteiger partial charge in [-0.05, 0) is 12.1 Å². The first kappa shape index (κ1) is 16.7. The predicted molar refractivity (Wildman–Crippen MR) is 71.4 cm³/mol. The van der Waals surface area contributed by atoms with Gasteiger partial charge in [-0.3, -0.25) is 14.6 Å². The molecule has 0 aliphatic heterocycles. The van der Waals surface area contributed by atoms with Gasteiger partial charge < -0.3 is 10.1 Å². The van der Waals surface area contributed by atoms with Crippen LogP contribution >= 0.6 is 22.6 Å². The zero-order valence-corrected chi connectivity index (χ0v) is 12.4. The Morgan fingerprint density at radius 3 is 2.55 bits per heavy atom. The molecule has 20 heavy (non-hydrogen) atoms. The fourth-order valence-electron chi connectivity index (χ4n) is 1.18. The van der Waals surface area contributed by atoms with Gasteiger partial charge in [-0.25, -0.2) is 0 Å². The molecule has 5 nitrogen and oxygen atoms in total. The lowest BCUT2D eigenvalue weighted by Crippen LogP contribution is -2.34. The van der Waals surface area contributed by atoms with E-state index in [0.29, 0.717) is 6.20 Å². The maximum absolute atomic E-state index is 12.3. The van der Waals surface area contributed by atoms with Gasteiger partial charge in [0.15, 0.2) is 0 Å². The number of alkyl halides is 4. The van der Waals surface area contributed by atoms with Gasteiger partial charge in [0.1, 0.15) is 9.62 Å². The lowest BCUT2D eigenvalue weighted by atomic mass is 10.2. The zero-order chi connectivity index (χ0) is 15.3. The first-order chi connectivity index (χ1) is 9.25. The second kappa shape index (κ2) is 6.86. The summed E-state index contributed by atoms with van der Waals surface area (Å²) in [6, 6.07) is 1.74. The van der Waals surface area contributed by atoms with Gasteiger partial charge in [0.2, 0.25) is 0 Å². The third kappa shape index (κ3) is 4.62. The van der Waals surface area contributed by atoms with Crippen LogP contribution < -0.4 is 5.32 Å². The number of aromatic nitrogens is 1. The number of esters is 1. The average Bonchev–Trinajstić information content (AvgIpc) is 2.42. The summed E-state index contributed by atoms with van der Waals surface area (Å²) in [5.41, 5.74) is -1.10. The molecule has 1 amide bonds. The molecule has 0 fully saturated rings. The lowest BCUT2D eigenvalue weighted by Gasteiger charge is -2.10. The monoisotopic (exact) mass is 402 g/mol. The largest absolute Gasteiger partial charge is 0.468 e. The number of nitrogens with one attached hydrogen (secondary N) is 1. The molecule has 0 bridgehead atoms. The maximum atomic E-state index is 12.3. The van der Waals surface area contributed by atoms with Crippen LogP contribution in [0.2, 0.25) is 0 Å². The smallest absolute Gasteiger partial charge is 0.417 e. The van der Waals surface area contributed by atoms with Gasteiger partial charge in [0.25, 0.3) is 5.91 Å². The van der Waals surface area contributed by atoms with Crippen molar-refractivity contribution in [3.63, 3.8) is 0 Å². The van der Waals surface area contributed by atoms with Crippen molar-refractivity contribution < 1.29 is 27.5 Å². The summed E-state index contributed by atoms with van der Waals surface area (Å²) in [4.78, 5) is 26.1. The molecular formula is C11H10F3IN2O3. The van der Waals surface area contributed by atoms with Gasteiger partial charge >= 0.3 is 12.1 Å². The highest BCUT2D eigenvalue weighted by atomic mass is 127. The number of nitrogens with zero attached hydrogens (tertiary/aromatic N) is 1. The van der Waals surface area contributed by atoms with E-state index < -0.39 is 27.5 Å². The SMILES string of the molecule is COC(=O)C(I)CNC(=O)c1ccc(C(F)(F)F)cn1. The molecule has 0 saturated carbocycles. The van der Waals surface area contributed by atoms with Crippen molar-refractivity contribution in [1.29, 1.82) is 0 Å². The number of halogens is 4. The highest BCUT2D eigenvalue weighted by Crippen LogP contribution is 2.28. The van der Waals surface area contributed by atoms with E-state index in [2.05, 4.69) is 15.0 Å². The van der Waals surface area contributed by atoms with E-state index in [0.717, 1.165) is 12.1 Å². The number of hydrogen-bond acceptors (Lipinski definition) is 4. The van der Waals surface area contributed by atoms with Crippen LogP contribution in [-0.4, -0.2) is 34.4 Å². The van der Waals surface area contributed by atoms with Crippen molar-refractivity contribution in [2.75, 3.05) is 13.7 Å². The number of methoxy groups -OCH3 is 1. The summed E-state index contributed by atoms with van der Waals surface area (Å²) in [7, 11) is 1.22. The number of rotatable bonds is 4. The van der Waals surface area contributed by atoms with E-state index in [-0.39, 0.29) is 12.2 Å². The Labute approximate surface area is 126 Å². The molecule has 1 heterocycles. The van der Waals surface area contributed by atoms with Crippen molar-refractivity contribution in [1.82, 2.24) is 10.3 Å². The van der Waals surface area contributed by atoms with Crippen LogP contribution in [-0.2, 0) is 15.7 Å². The van der Waals surface area contributed by atoms with Gasteiger partial charge in [-0.15, -0.1) is 0 Å². The van der Waals surface area contributed by atoms with Gasteiger partial charge in [-0.1, -0.05) is 22.6 Å². The van der Waals surface area contributed by atoms with Crippen LogP contribution in [0.4, 0.5) is 13.2 Å². The average molecular weight is 402 g/mol. The Kier molecular flexibility index (Phi) is 5.72. The minimum Gasteiger partial charge on any atom is -0.468 e.